The summed E-state index contributed by atoms with van der Waals surface area (Å²) in [7, 11) is 1.39. The van der Waals surface area contributed by atoms with E-state index in [4.69, 9.17) is 4.74 Å². The summed E-state index contributed by atoms with van der Waals surface area (Å²) < 4.78 is 34.0. The highest BCUT2D eigenvalue weighted by atomic mass is 19.2. The van der Waals surface area contributed by atoms with Gasteiger partial charge in [-0.2, -0.15) is 5.10 Å². The second-order valence-corrected chi connectivity index (χ2v) is 8.87. The third-order valence-electron chi connectivity index (χ3n) is 7.09. The quantitative estimate of drug-likeness (QED) is 0.547. The van der Waals surface area contributed by atoms with E-state index in [1.54, 1.807) is 9.58 Å². The second-order valence-electron chi connectivity index (χ2n) is 8.87. The molecule has 0 N–H and O–H groups in total. The van der Waals surface area contributed by atoms with Gasteiger partial charge in [0.25, 0.3) is 5.91 Å². The number of piperidine rings is 1. The number of halogens is 2. The van der Waals surface area contributed by atoms with Gasteiger partial charge < -0.3 is 9.64 Å². The molecule has 1 amide bonds. The number of carbonyl (C=O) groups is 2. The zero-order chi connectivity index (χ0) is 23.9. The van der Waals surface area contributed by atoms with E-state index in [9.17, 15) is 18.4 Å². The Balaban J connectivity index is 1.42. The van der Waals surface area contributed by atoms with Crippen molar-refractivity contribution in [3.63, 3.8) is 0 Å². The van der Waals surface area contributed by atoms with E-state index in [1.807, 2.05) is 30.3 Å². The number of benzene rings is 2. The molecular weight excluding hydrogens is 440 g/mol. The summed E-state index contributed by atoms with van der Waals surface area (Å²) in [6.45, 7) is 0.769. The first kappa shape index (κ1) is 22.3. The number of likely N-dealkylation sites (tertiary alicyclic amines) is 1. The van der Waals surface area contributed by atoms with Crippen LogP contribution < -0.4 is 0 Å². The van der Waals surface area contributed by atoms with Crippen LogP contribution in [0.1, 0.15) is 46.6 Å². The minimum atomic E-state index is -0.955. The van der Waals surface area contributed by atoms with E-state index >= 15 is 0 Å². The van der Waals surface area contributed by atoms with Crippen LogP contribution in [-0.4, -0.2) is 46.8 Å². The van der Waals surface area contributed by atoms with Crippen molar-refractivity contribution in [1.29, 1.82) is 0 Å². The standard InChI is InChI=1S/C26H25F2N3O3/c1-34-25(33)26(17-6-3-2-4-7-17)12-14-30(15-13-26)24(32)23-19-8-5-9-22(19)31(29-23)18-10-11-20(27)21(28)16-18/h2-4,6-7,10-11,16H,5,8-9,12-15H2,1H3. The van der Waals surface area contributed by atoms with Gasteiger partial charge in [-0.05, 0) is 49.8 Å². The molecular formula is C26H25F2N3O3. The monoisotopic (exact) mass is 465 g/mol. The third-order valence-corrected chi connectivity index (χ3v) is 7.09. The SMILES string of the molecule is COC(=O)C1(c2ccccc2)CCN(C(=O)c2nn(-c3ccc(F)c(F)c3)c3c2CCC3)CC1. The lowest BCUT2D eigenvalue weighted by molar-refractivity contribution is -0.149. The number of amides is 1. The number of esters is 1. The van der Waals surface area contributed by atoms with Gasteiger partial charge in [-0.15, -0.1) is 0 Å². The van der Waals surface area contributed by atoms with E-state index in [0.717, 1.165) is 35.4 Å². The van der Waals surface area contributed by atoms with E-state index in [-0.39, 0.29) is 11.9 Å². The molecule has 1 aliphatic carbocycles. The minimum absolute atomic E-state index is 0.203. The average Bonchev–Trinajstić information content (AvgIpc) is 3.48. The average molecular weight is 466 g/mol. The van der Waals surface area contributed by atoms with E-state index in [1.165, 1.54) is 13.2 Å². The number of hydrogen-bond donors (Lipinski definition) is 0. The number of aromatic nitrogens is 2. The predicted octanol–water partition coefficient (Wildman–Crippen LogP) is 3.99. The van der Waals surface area contributed by atoms with Crippen molar-refractivity contribution in [2.75, 3.05) is 20.2 Å². The van der Waals surface area contributed by atoms with Gasteiger partial charge in [0.1, 0.15) is 0 Å². The highest BCUT2D eigenvalue weighted by Crippen LogP contribution is 2.38. The second kappa shape index (κ2) is 8.66. The molecule has 176 valence electrons. The topological polar surface area (TPSA) is 64.4 Å². The summed E-state index contributed by atoms with van der Waals surface area (Å²) in [5, 5.41) is 4.54. The smallest absolute Gasteiger partial charge is 0.316 e. The summed E-state index contributed by atoms with van der Waals surface area (Å²) in [6, 6.07) is 13.2. The zero-order valence-corrected chi connectivity index (χ0v) is 18.9. The first-order valence-corrected chi connectivity index (χ1v) is 11.4. The van der Waals surface area contributed by atoms with Crippen molar-refractivity contribution in [3.05, 3.63) is 82.7 Å². The molecule has 0 bridgehead atoms. The van der Waals surface area contributed by atoms with Crippen LogP contribution in [0.2, 0.25) is 0 Å². The maximum atomic E-state index is 13.9. The predicted molar refractivity (Wildman–Crippen MR) is 121 cm³/mol. The molecule has 8 heteroatoms. The van der Waals surface area contributed by atoms with Gasteiger partial charge in [0.15, 0.2) is 17.3 Å². The molecule has 34 heavy (non-hydrogen) atoms. The van der Waals surface area contributed by atoms with Crippen molar-refractivity contribution in [2.24, 2.45) is 0 Å². The first-order valence-electron chi connectivity index (χ1n) is 11.4. The Hall–Kier alpha value is -3.55. The summed E-state index contributed by atoms with van der Waals surface area (Å²) in [5.74, 6) is -2.38. The Morgan fingerprint density at radius 2 is 1.74 bits per heavy atom. The maximum Gasteiger partial charge on any atom is 0.316 e. The van der Waals surface area contributed by atoms with Crippen molar-refractivity contribution < 1.29 is 23.1 Å². The van der Waals surface area contributed by atoms with Crippen molar-refractivity contribution in [1.82, 2.24) is 14.7 Å². The fourth-order valence-corrected chi connectivity index (χ4v) is 5.24. The molecule has 6 nitrogen and oxygen atoms in total. The summed E-state index contributed by atoms with van der Waals surface area (Å²) in [6.07, 6.45) is 3.19. The van der Waals surface area contributed by atoms with Gasteiger partial charge in [0.05, 0.1) is 18.2 Å². The molecule has 2 aliphatic rings. The molecule has 3 aromatic rings. The molecule has 1 saturated heterocycles. The lowest BCUT2D eigenvalue weighted by Crippen LogP contribution is -2.49. The first-order chi connectivity index (χ1) is 16.4. The molecule has 5 rings (SSSR count). The Morgan fingerprint density at radius 3 is 2.41 bits per heavy atom. The van der Waals surface area contributed by atoms with Crippen LogP contribution >= 0.6 is 0 Å². The van der Waals surface area contributed by atoms with Gasteiger partial charge in [0.2, 0.25) is 0 Å². The molecule has 1 fully saturated rings. The minimum Gasteiger partial charge on any atom is -0.468 e. The molecule has 0 unspecified atom stereocenters. The van der Waals surface area contributed by atoms with Crippen LogP contribution in [0.15, 0.2) is 48.5 Å². The molecule has 1 aromatic heterocycles. The number of rotatable bonds is 4. The molecule has 2 heterocycles. The highest BCUT2D eigenvalue weighted by Gasteiger charge is 2.45. The van der Waals surface area contributed by atoms with Crippen LogP contribution in [0.3, 0.4) is 0 Å². The number of ether oxygens (including phenoxy) is 1. The van der Waals surface area contributed by atoms with Crippen molar-refractivity contribution in [3.8, 4) is 5.69 Å². The molecule has 1 aliphatic heterocycles. The molecule has 0 radical (unpaired) electrons. The lowest BCUT2D eigenvalue weighted by atomic mass is 9.72. The van der Waals surface area contributed by atoms with E-state index in [2.05, 4.69) is 5.10 Å². The van der Waals surface area contributed by atoms with Gasteiger partial charge in [0, 0.05) is 30.4 Å². The van der Waals surface area contributed by atoms with Crippen LogP contribution in [0.5, 0.6) is 0 Å². The Labute approximate surface area is 196 Å². The normalized spacial score (nSPS) is 16.9. The molecule has 0 spiro atoms. The van der Waals surface area contributed by atoms with Gasteiger partial charge in [-0.25, -0.2) is 13.5 Å². The fraction of sp³-hybridized carbons (Fsp3) is 0.346. The molecule has 0 saturated carbocycles. The largest absolute Gasteiger partial charge is 0.468 e. The van der Waals surface area contributed by atoms with Crippen molar-refractivity contribution >= 4 is 11.9 Å². The number of carbonyl (C=O) groups excluding carboxylic acids is 2. The summed E-state index contributed by atoms with van der Waals surface area (Å²) in [5.41, 5.74) is 2.56. The number of methoxy groups -OCH3 is 1. The van der Waals surface area contributed by atoms with Crippen LogP contribution in [-0.2, 0) is 27.8 Å². The Kier molecular flexibility index (Phi) is 5.67. The highest BCUT2D eigenvalue weighted by molar-refractivity contribution is 5.95. The third kappa shape index (κ3) is 3.57. The Bertz CT molecular complexity index is 1250. The van der Waals surface area contributed by atoms with Gasteiger partial charge >= 0.3 is 5.97 Å². The van der Waals surface area contributed by atoms with Gasteiger partial charge in [-0.3, -0.25) is 9.59 Å². The van der Waals surface area contributed by atoms with E-state index < -0.39 is 17.0 Å². The summed E-state index contributed by atoms with van der Waals surface area (Å²) >= 11 is 0. The Morgan fingerprint density at radius 1 is 1.00 bits per heavy atom. The van der Waals surface area contributed by atoms with E-state index in [0.29, 0.717) is 50.2 Å². The lowest BCUT2D eigenvalue weighted by Gasteiger charge is -2.39. The fourth-order valence-electron chi connectivity index (χ4n) is 5.24. The number of nitrogens with zero attached hydrogens (tertiary/aromatic N) is 3. The van der Waals surface area contributed by atoms with Crippen LogP contribution in [0.25, 0.3) is 5.69 Å². The number of fused-ring (bicyclic) bond motifs is 1. The molecule has 2 aromatic carbocycles. The van der Waals surface area contributed by atoms with Crippen LogP contribution in [0, 0.1) is 11.6 Å². The van der Waals surface area contributed by atoms with Gasteiger partial charge in [-0.1, -0.05) is 30.3 Å². The van der Waals surface area contributed by atoms with Crippen molar-refractivity contribution in [2.45, 2.75) is 37.5 Å². The zero-order valence-electron chi connectivity index (χ0n) is 18.9. The summed E-state index contributed by atoms with van der Waals surface area (Å²) in [4.78, 5) is 28.0. The maximum absolute atomic E-state index is 13.9. The van der Waals surface area contributed by atoms with Crippen LogP contribution in [0.4, 0.5) is 8.78 Å². The molecule has 0 atom stereocenters. The number of hydrogen-bond acceptors (Lipinski definition) is 4.